The minimum atomic E-state index is -0.601. The van der Waals surface area contributed by atoms with Crippen molar-refractivity contribution in [3.05, 3.63) is 161 Å². The van der Waals surface area contributed by atoms with Gasteiger partial charge in [0.15, 0.2) is 6.29 Å². The second kappa shape index (κ2) is 15.1. The number of carbonyl (C=O) groups excluding carboxylic acids is 3. The zero-order chi connectivity index (χ0) is 38.2. The van der Waals surface area contributed by atoms with Gasteiger partial charge in [0.05, 0.1) is 43.2 Å². The van der Waals surface area contributed by atoms with Gasteiger partial charge in [-0.15, -0.1) is 0 Å². The van der Waals surface area contributed by atoms with Crippen LogP contribution in [0.5, 0.6) is 0 Å². The summed E-state index contributed by atoms with van der Waals surface area (Å²) in [6.45, 7) is 2.96. The summed E-state index contributed by atoms with van der Waals surface area (Å²) >= 11 is 0. The van der Waals surface area contributed by atoms with Crippen LogP contribution in [0.2, 0.25) is 0 Å². The highest BCUT2D eigenvalue weighted by molar-refractivity contribution is 6.21. The quantitative estimate of drug-likeness (QED) is 0.162. The number of benzene rings is 5. The number of aliphatic hydroxyl groups is 1. The number of likely N-dealkylation sites (tertiary alicyclic amines) is 1. The van der Waals surface area contributed by atoms with Crippen LogP contribution in [0.25, 0.3) is 11.1 Å². The Morgan fingerprint density at radius 3 is 2.07 bits per heavy atom. The van der Waals surface area contributed by atoms with Crippen molar-refractivity contribution in [2.24, 2.45) is 0 Å². The van der Waals surface area contributed by atoms with E-state index in [1.165, 1.54) is 4.90 Å². The lowest BCUT2D eigenvalue weighted by Crippen LogP contribution is -2.57. The summed E-state index contributed by atoms with van der Waals surface area (Å²) < 4.78 is 13.4. The molecule has 3 atom stereocenters. The van der Waals surface area contributed by atoms with Gasteiger partial charge in [0, 0.05) is 37.3 Å². The Morgan fingerprint density at radius 2 is 1.38 bits per heavy atom. The van der Waals surface area contributed by atoms with Gasteiger partial charge in [-0.3, -0.25) is 19.3 Å². The van der Waals surface area contributed by atoms with Crippen LogP contribution < -0.4 is 10.2 Å². The summed E-state index contributed by atoms with van der Waals surface area (Å²) in [5, 5.41) is 12.8. The number of carbonyl (C=O) groups is 3. The van der Waals surface area contributed by atoms with Crippen molar-refractivity contribution >= 4 is 23.4 Å². The Hall–Kier alpha value is -5.65. The predicted octanol–water partition coefficient (Wildman–Crippen LogP) is 6.62. The molecular formula is C46H44N4O6. The molecule has 4 aliphatic heterocycles. The molecule has 4 heterocycles. The number of rotatable bonds is 9. The van der Waals surface area contributed by atoms with Crippen LogP contribution in [0, 0.1) is 0 Å². The van der Waals surface area contributed by atoms with E-state index in [0.717, 1.165) is 65.0 Å². The number of hydrogen-bond donors (Lipinski definition) is 2. The third-order valence-electron chi connectivity index (χ3n) is 11.8. The molecule has 3 saturated heterocycles. The molecule has 1 spiro atoms. The highest BCUT2D eigenvalue weighted by atomic mass is 16.7. The zero-order valence-corrected chi connectivity index (χ0v) is 31.1. The third kappa shape index (κ3) is 6.79. The molecule has 3 fully saturated rings. The van der Waals surface area contributed by atoms with E-state index >= 15 is 0 Å². The van der Waals surface area contributed by atoms with E-state index in [9.17, 15) is 19.5 Å². The van der Waals surface area contributed by atoms with Crippen molar-refractivity contribution < 1.29 is 29.0 Å². The fourth-order valence-electron chi connectivity index (χ4n) is 8.71. The predicted molar refractivity (Wildman–Crippen MR) is 211 cm³/mol. The fourth-order valence-corrected chi connectivity index (χ4v) is 8.71. The average molecular weight is 749 g/mol. The number of anilines is 1. The molecule has 56 heavy (non-hydrogen) atoms. The lowest BCUT2D eigenvalue weighted by atomic mass is 9.85. The number of piperidine rings is 1. The Bertz CT molecular complexity index is 2200. The summed E-state index contributed by atoms with van der Waals surface area (Å²) in [6, 6.07) is 41.1. The molecule has 5 aromatic carbocycles. The maximum absolute atomic E-state index is 13.3. The van der Waals surface area contributed by atoms with E-state index in [1.54, 1.807) is 24.3 Å². The van der Waals surface area contributed by atoms with Crippen LogP contribution in [0.4, 0.5) is 5.69 Å². The van der Waals surface area contributed by atoms with Crippen molar-refractivity contribution in [2.45, 2.75) is 56.5 Å². The number of hydrogen-bond acceptors (Lipinski definition) is 8. The molecular weight excluding hydrogens is 705 g/mol. The molecule has 0 aromatic heterocycles. The van der Waals surface area contributed by atoms with Crippen molar-refractivity contribution in [2.75, 3.05) is 31.2 Å². The molecule has 284 valence electrons. The number of nitrogens with zero attached hydrogens (tertiary/aromatic N) is 3. The van der Waals surface area contributed by atoms with Crippen molar-refractivity contribution in [1.82, 2.24) is 15.1 Å². The SMILES string of the molecule is O=C1c2ccccc2C(=O)N1Cc1cccc(-c2ccc([C@@H]3O[C@H](CN4CCC5(CC4)C(=O)NCN5c4ccccc4)C[C@H](c4ccc(CO)cc4)O3)cc2)c1. The molecule has 5 aromatic rings. The molecule has 9 rings (SSSR count). The molecule has 0 aliphatic carbocycles. The molecule has 10 nitrogen and oxygen atoms in total. The fraction of sp³-hybridized carbons (Fsp3) is 0.283. The standard InChI is InChI=1S/C46H44N4O6/c51-29-31-13-15-34(16-14-31)41-26-38(28-48-23-21-46(22-24-48)45(54)47-30-50(46)37-9-2-1-3-10-37)55-44(56-41)35-19-17-33(18-20-35)36-8-6-7-32(25-36)27-49-42(52)39-11-4-5-12-40(39)43(49)53/h1-20,25,38,41,44,51H,21-24,26-30H2,(H,47,54)/t38-,41+,44+/m0/s1. The number of para-hydroxylation sites is 1. The number of imide groups is 1. The lowest BCUT2D eigenvalue weighted by Gasteiger charge is -2.45. The van der Waals surface area contributed by atoms with Crippen molar-refractivity contribution in [1.29, 1.82) is 0 Å². The van der Waals surface area contributed by atoms with Gasteiger partial charge in [-0.1, -0.05) is 97.1 Å². The summed E-state index contributed by atoms with van der Waals surface area (Å²) in [5.41, 5.74) is 7.01. The summed E-state index contributed by atoms with van der Waals surface area (Å²) in [7, 11) is 0. The third-order valence-corrected chi connectivity index (χ3v) is 11.8. The molecule has 4 aliphatic rings. The molecule has 2 N–H and O–H groups in total. The highest BCUT2D eigenvalue weighted by Crippen LogP contribution is 2.41. The molecule has 0 unspecified atom stereocenters. The maximum Gasteiger partial charge on any atom is 0.261 e. The van der Waals surface area contributed by atoms with E-state index in [2.05, 4.69) is 27.2 Å². The highest BCUT2D eigenvalue weighted by Gasteiger charge is 2.50. The van der Waals surface area contributed by atoms with Crippen molar-refractivity contribution in [3.63, 3.8) is 0 Å². The summed E-state index contributed by atoms with van der Waals surface area (Å²) in [5.74, 6) is -0.435. The van der Waals surface area contributed by atoms with Crippen molar-refractivity contribution in [3.8, 4) is 11.1 Å². The zero-order valence-electron chi connectivity index (χ0n) is 31.1. The van der Waals surface area contributed by atoms with Gasteiger partial charge in [0.1, 0.15) is 5.54 Å². The molecule has 0 radical (unpaired) electrons. The Labute approximate surface area is 326 Å². The van der Waals surface area contributed by atoms with Crippen LogP contribution in [-0.4, -0.2) is 70.6 Å². The van der Waals surface area contributed by atoms with Crippen LogP contribution in [-0.2, 0) is 27.4 Å². The van der Waals surface area contributed by atoms with Crippen LogP contribution in [0.1, 0.15) is 74.6 Å². The number of amides is 3. The minimum absolute atomic E-state index is 0.0195. The van der Waals surface area contributed by atoms with Crippen LogP contribution >= 0.6 is 0 Å². The van der Waals surface area contributed by atoms with E-state index in [0.29, 0.717) is 30.8 Å². The van der Waals surface area contributed by atoms with E-state index < -0.39 is 11.8 Å². The van der Waals surface area contributed by atoms with E-state index in [4.69, 9.17) is 9.47 Å². The molecule has 3 amide bonds. The molecule has 0 saturated carbocycles. The van der Waals surface area contributed by atoms with E-state index in [-0.39, 0.29) is 43.1 Å². The average Bonchev–Trinajstić information content (AvgIpc) is 3.69. The number of ether oxygens (including phenoxy) is 2. The number of fused-ring (bicyclic) bond motifs is 1. The van der Waals surface area contributed by atoms with Gasteiger partial charge in [-0.2, -0.15) is 0 Å². The summed E-state index contributed by atoms with van der Waals surface area (Å²) in [6.07, 6.45) is 1.20. The summed E-state index contributed by atoms with van der Waals surface area (Å²) in [4.78, 5) is 45.3. The Balaban J connectivity index is 0.903. The van der Waals surface area contributed by atoms with Gasteiger partial charge in [-0.25, -0.2) is 0 Å². The van der Waals surface area contributed by atoms with Crippen LogP contribution in [0.15, 0.2) is 127 Å². The van der Waals surface area contributed by atoms with E-state index in [1.807, 2.05) is 91.0 Å². The van der Waals surface area contributed by atoms with Gasteiger partial charge in [0.2, 0.25) is 5.91 Å². The number of nitrogens with one attached hydrogen (secondary N) is 1. The topological polar surface area (TPSA) is 112 Å². The first kappa shape index (κ1) is 36.0. The monoisotopic (exact) mass is 748 g/mol. The second-order valence-corrected chi connectivity index (χ2v) is 15.2. The van der Waals surface area contributed by atoms with Gasteiger partial charge in [0.25, 0.3) is 11.8 Å². The number of aliphatic hydroxyl groups excluding tert-OH is 1. The molecule has 0 bridgehead atoms. The second-order valence-electron chi connectivity index (χ2n) is 15.2. The Kier molecular flexibility index (Phi) is 9.72. The first-order chi connectivity index (χ1) is 27.4. The largest absolute Gasteiger partial charge is 0.392 e. The Morgan fingerprint density at radius 1 is 0.696 bits per heavy atom. The maximum atomic E-state index is 13.3. The van der Waals surface area contributed by atoms with Gasteiger partial charge in [-0.05, 0) is 71.0 Å². The normalized spacial score (nSPS) is 22.1. The molecule has 10 heteroatoms. The van der Waals surface area contributed by atoms with Gasteiger partial charge < -0.3 is 29.7 Å². The minimum Gasteiger partial charge on any atom is -0.392 e. The first-order valence-corrected chi connectivity index (χ1v) is 19.4. The first-order valence-electron chi connectivity index (χ1n) is 19.4. The smallest absolute Gasteiger partial charge is 0.261 e. The lowest BCUT2D eigenvalue weighted by molar-refractivity contribution is -0.253. The van der Waals surface area contributed by atoms with Gasteiger partial charge >= 0.3 is 0 Å². The van der Waals surface area contributed by atoms with Crippen LogP contribution in [0.3, 0.4) is 0 Å².